The number of aryl methyl sites for hydroxylation is 1. The second-order valence-corrected chi connectivity index (χ2v) is 6.66. The summed E-state index contributed by atoms with van der Waals surface area (Å²) >= 11 is 6.29. The lowest BCUT2D eigenvalue weighted by Crippen LogP contribution is -2.27. The van der Waals surface area contributed by atoms with Crippen LogP contribution < -0.4 is 5.32 Å². The molecule has 0 radical (unpaired) electrons. The maximum atomic E-state index is 9.70. The van der Waals surface area contributed by atoms with Crippen molar-refractivity contribution in [1.29, 1.82) is 5.26 Å². The van der Waals surface area contributed by atoms with Gasteiger partial charge in [-0.25, -0.2) is 0 Å². The van der Waals surface area contributed by atoms with Crippen molar-refractivity contribution in [3.63, 3.8) is 0 Å². The summed E-state index contributed by atoms with van der Waals surface area (Å²) in [5, 5.41) is 23.9. The van der Waals surface area contributed by atoms with Crippen molar-refractivity contribution in [2.24, 2.45) is 11.8 Å². The molecule has 0 aliphatic carbocycles. The first-order chi connectivity index (χ1) is 11.6. The minimum Gasteiger partial charge on any atom is -0.396 e. The molecule has 2 heterocycles. The average Bonchev–Trinajstić information content (AvgIpc) is 3.09. The van der Waals surface area contributed by atoms with Crippen LogP contribution in [-0.4, -0.2) is 36.5 Å². The summed E-state index contributed by atoms with van der Waals surface area (Å²) in [6.07, 6.45) is 2.50. The number of nitrogens with one attached hydrogen (secondary N) is 1. The van der Waals surface area contributed by atoms with Gasteiger partial charge in [-0.1, -0.05) is 11.6 Å². The van der Waals surface area contributed by atoms with Gasteiger partial charge < -0.3 is 15.2 Å². The Labute approximate surface area is 146 Å². The second-order valence-electron chi connectivity index (χ2n) is 6.25. The second kappa shape index (κ2) is 7.35. The Kier molecular flexibility index (Phi) is 5.20. The zero-order chi connectivity index (χ0) is 17.1. The van der Waals surface area contributed by atoms with Crippen molar-refractivity contribution >= 4 is 28.2 Å². The number of nitrogens with zero attached hydrogens (tertiary/aromatic N) is 2. The standard InChI is InChI=1S/C18H20ClN3O2/c1-11-4-15-17(13(6-20)7-22-18(15)16(19)5-11)21-8-14(9-23)12-2-3-24-10-12/h4-5,7,12,14,23H,2-3,8-10H2,1H3,(H,21,22). The number of hydrogen-bond donors (Lipinski definition) is 2. The minimum atomic E-state index is 0.0857. The van der Waals surface area contributed by atoms with Gasteiger partial charge in [0.05, 0.1) is 21.8 Å². The van der Waals surface area contributed by atoms with Gasteiger partial charge in [0.1, 0.15) is 6.07 Å². The SMILES string of the molecule is Cc1cc(Cl)c2ncc(C#N)c(NCC(CO)C3CCOC3)c2c1. The highest BCUT2D eigenvalue weighted by Crippen LogP contribution is 2.32. The molecule has 1 aliphatic rings. The van der Waals surface area contributed by atoms with E-state index in [-0.39, 0.29) is 12.5 Å². The molecular weight excluding hydrogens is 326 g/mol. The van der Waals surface area contributed by atoms with E-state index in [1.54, 1.807) is 6.20 Å². The van der Waals surface area contributed by atoms with Crippen molar-refractivity contribution in [3.8, 4) is 6.07 Å². The van der Waals surface area contributed by atoms with Crippen LogP contribution in [0.15, 0.2) is 18.3 Å². The third-order valence-electron chi connectivity index (χ3n) is 4.60. The van der Waals surface area contributed by atoms with E-state index in [1.165, 1.54) is 0 Å². The molecule has 0 bridgehead atoms. The van der Waals surface area contributed by atoms with Crippen LogP contribution in [0.5, 0.6) is 0 Å². The highest BCUT2D eigenvalue weighted by molar-refractivity contribution is 6.35. The Balaban J connectivity index is 1.93. The van der Waals surface area contributed by atoms with E-state index < -0.39 is 0 Å². The Morgan fingerprint density at radius 1 is 1.54 bits per heavy atom. The number of hydrogen-bond acceptors (Lipinski definition) is 5. The van der Waals surface area contributed by atoms with Crippen LogP contribution in [-0.2, 0) is 4.74 Å². The number of halogens is 1. The Morgan fingerprint density at radius 3 is 3.04 bits per heavy atom. The topological polar surface area (TPSA) is 78.2 Å². The van der Waals surface area contributed by atoms with Gasteiger partial charge in [-0.2, -0.15) is 5.26 Å². The number of anilines is 1. The number of aliphatic hydroxyl groups excluding tert-OH is 1. The van der Waals surface area contributed by atoms with Crippen LogP contribution in [0.2, 0.25) is 5.02 Å². The van der Waals surface area contributed by atoms with Gasteiger partial charge >= 0.3 is 0 Å². The Hall–Kier alpha value is -1.87. The number of fused-ring (bicyclic) bond motifs is 1. The van der Waals surface area contributed by atoms with E-state index >= 15 is 0 Å². The molecule has 1 aliphatic heterocycles. The summed E-state index contributed by atoms with van der Waals surface area (Å²) in [4.78, 5) is 4.31. The summed E-state index contributed by atoms with van der Waals surface area (Å²) in [5.41, 5.74) is 2.89. The molecule has 0 saturated carbocycles. The summed E-state index contributed by atoms with van der Waals surface area (Å²) in [6, 6.07) is 6.02. The van der Waals surface area contributed by atoms with Crippen LogP contribution in [0.3, 0.4) is 0 Å². The van der Waals surface area contributed by atoms with Crippen molar-refractivity contribution in [3.05, 3.63) is 34.5 Å². The lowest BCUT2D eigenvalue weighted by Gasteiger charge is -2.22. The Bertz CT molecular complexity index is 782. The molecular formula is C18H20ClN3O2. The van der Waals surface area contributed by atoms with E-state index in [1.807, 2.05) is 19.1 Å². The molecule has 24 heavy (non-hydrogen) atoms. The summed E-state index contributed by atoms with van der Waals surface area (Å²) in [6.45, 7) is 4.05. The average molecular weight is 346 g/mol. The molecule has 1 aromatic heterocycles. The Morgan fingerprint density at radius 2 is 2.38 bits per heavy atom. The van der Waals surface area contributed by atoms with E-state index in [0.29, 0.717) is 35.2 Å². The van der Waals surface area contributed by atoms with Gasteiger partial charge in [0.25, 0.3) is 0 Å². The molecule has 6 heteroatoms. The number of nitriles is 1. The van der Waals surface area contributed by atoms with Crippen LogP contribution >= 0.6 is 11.6 Å². The molecule has 1 saturated heterocycles. The van der Waals surface area contributed by atoms with Crippen molar-refractivity contribution in [1.82, 2.24) is 4.98 Å². The summed E-state index contributed by atoms with van der Waals surface area (Å²) < 4.78 is 5.42. The number of rotatable bonds is 5. The molecule has 2 atom stereocenters. The van der Waals surface area contributed by atoms with Crippen LogP contribution in [0, 0.1) is 30.1 Å². The third-order valence-corrected chi connectivity index (χ3v) is 4.88. The smallest absolute Gasteiger partial charge is 0.103 e. The van der Waals surface area contributed by atoms with Gasteiger partial charge in [-0.05, 0) is 37.0 Å². The van der Waals surface area contributed by atoms with Gasteiger partial charge in [0.15, 0.2) is 0 Å². The van der Waals surface area contributed by atoms with Gasteiger partial charge in [-0.3, -0.25) is 4.98 Å². The van der Waals surface area contributed by atoms with Crippen LogP contribution in [0.4, 0.5) is 5.69 Å². The van der Waals surface area contributed by atoms with Crippen molar-refractivity contribution in [2.45, 2.75) is 13.3 Å². The normalized spacial score (nSPS) is 18.5. The van der Waals surface area contributed by atoms with Crippen molar-refractivity contribution in [2.75, 3.05) is 31.7 Å². The molecule has 1 fully saturated rings. The molecule has 5 nitrogen and oxygen atoms in total. The lowest BCUT2D eigenvalue weighted by atomic mass is 9.92. The predicted octanol–water partition coefficient (Wildman–Crippen LogP) is 3.13. The molecule has 2 aromatic rings. The molecule has 0 amide bonds. The molecule has 2 unspecified atom stereocenters. The highest BCUT2D eigenvalue weighted by atomic mass is 35.5. The lowest BCUT2D eigenvalue weighted by molar-refractivity contribution is 0.145. The number of pyridine rings is 1. The highest BCUT2D eigenvalue weighted by Gasteiger charge is 2.25. The van der Waals surface area contributed by atoms with Gasteiger partial charge in [0, 0.05) is 43.9 Å². The zero-order valence-electron chi connectivity index (χ0n) is 13.6. The van der Waals surface area contributed by atoms with E-state index in [9.17, 15) is 10.4 Å². The largest absolute Gasteiger partial charge is 0.396 e. The monoisotopic (exact) mass is 345 g/mol. The number of ether oxygens (including phenoxy) is 1. The fraction of sp³-hybridized carbons (Fsp3) is 0.444. The fourth-order valence-corrected chi connectivity index (χ4v) is 3.53. The summed E-state index contributed by atoms with van der Waals surface area (Å²) in [5.74, 6) is 0.425. The van der Waals surface area contributed by atoms with Gasteiger partial charge in [0.2, 0.25) is 0 Å². The van der Waals surface area contributed by atoms with Crippen LogP contribution in [0.25, 0.3) is 10.9 Å². The predicted molar refractivity (Wildman–Crippen MR) is 94.2 cm³/mol. The van der Waals surface area contributed by atoms with E-state index in [0.717, 1.165) is 29.7 Å². The molecule has 3 rings (SSSR count). The molecule has 1 aromatic carbocycles. The van der Waals surface area contributed by atoms with E-state index in [2.05, 4.69) is 16.4 Å². The first kappa shape index (κ1) is 17.0. The van der Waals surface area contributed by atoms with E-state index in [4.69, 9.17) is 16.3 Å². The number of aliphatic hydroxyl groups is 1. The molecule has 2 N–H and O–H groups in total. The quantitative estimate of drug-likeness (QED) is 0.870. The van der Waals surface area contributed by atoms with Gasteiger partial charge in [-0.15, -0.1) is 0 Å². The summed E-state index contributed by atoms with van der Waals surface area (Å²) in [7, 11) is 0. The number of benzene rings is 1. The maximum absolute atomic E-state index is 9.70. The first-order valence-electron chi connectivity index (χ1n) is 8.05. The first-order valence-corrected chi connectivity index (χ1v) is 8.43. The molecule has 126 valence electrons. The fourth-order valence-electron chi connectivity index (χ4n) is 3.21. The van der Waals surface area contributed by atoms with Crippen molar-refractivity contribution < 1.29 is 9.84 Å². The third kappa shape index (κ3) is 3.32. The number of aromatic nitrogens is 1. The zero-order valence-corrected chi connectivity index (χ0v) is 14.3. The minimum absolute atomic E-state index is 0.0857. The maximum Gasteiger partial charge on any atom is 0.103 e. The molecule has 0 spiro atoms. The van der Waals surface area contributed by atoms with Crippen LogP contribution in [0.1, 0.15) is 17.5 Å².